The molecule has 1 aliphatic carbocycles. The highest BCUT2D eigenvalue weighted by atomic mass is 32.1. The van der Waals surface area contributed by atoms with E-state index in [-0.39, 0.29) is 29.6 Å². The van der Waals surface area contributed by atoms with E-state index in [0.717, 1.165) is 69.7 Å². The Balaban J connectivity index is 0.000000303. The summed E-state index contributed by atoms with van der Waals surface area (Å²) >= 11 is 7.50. The van der Waals surface area contributed by atoms with Crippen LogP contribution >= 0.6 is 45.3 Å². The molecule has 0 amide bonds. The first-order valence-corrected chi connectivity index (χ1v) is 41.7. The molecule has 4 heterocycles. The highest BCUT2D eigenvalue weighted by Crippen LogP contribution is 2.56. The van der Waals surface area contributed by atoms with Crippen molar-refractivity contribution in [2.75, 3.05) is 13.2 Å². The largest absolute Gasteiger partial charge is 0.494 e. The number of carbonyl (C=O) groups excluding carboxylic acids is 2. The van der Waals surface area contributed by atoms with Gasteiger partial charge in [-0.3, -0.25) is 9.59 Å². The Bertz CT molecular complexity index is 3710. The molecule has 540 valence electrons. The Kier molecular flexibility index (Phi) is 35.3. The minimum atomic E-state index is -0.384. The molecule has 1 aliphatic rings. The molecule has 0 atom stereocenters. The van der Waals surface area contributed by atoms with Crippen molar-refractivity contribution in [1.29, 1.82) is 0 Å². The maximum absolute atomic E-state index is 11.9. The van der Waals surface area contributed by atoms with Crippen LogP contribution in [-0.2, 0) is 24.5 Å². The van der Waals surface area contributed by atoms with Gasteiger partial charge in [-0.15, -0.1) is 45.3 Å². The van der Waals surface area contributed by atoms with Crippen molar-refractivity contribution in [1.82, 2.24) is 0 Å². The fourth-order valence-electron chi connectivity index (χ4n) is 13.8. The number of esters is 2. The van der Waals surface area contributed by atoms with Crippen LogP contribution in [0.3, 0.4) is 0 Å². The first-order valence-electron chi connectivity index (χ1n) is 38.5. The zero-order valence-corrected chi connectivity index (χ0v) is 64.9. The fraction of sp³-hybridized carbons (Fsp3) is 0.451. The number of benzene rings is 4. The van der Waals surface area contributed by atoms with Crippen molar-refractivity contribution in [3.05, 3.63) is 206 Å². The van der Waals surface area contributed by atoms with Crippen LogP contribution in [0, 0.1) is 13.8 Å². The molecule has 0 aliphatic heterocycles. The van der Waals surface area contributed by atoms with Gasteiger partial charge in [0, 0.05) is 57.3 Å². The van der Waals surface area contributed by atoms with Crippen LogP contribution in [0.1, 0.15) is 241 Å². The average Bonchev–Trinajstić information content (AvgIpc) is 1.56. The molecule has 10 heteroatoms. The van der Waals surface area contributed by atoms with E-state index in [4.69, 9.17) is 18.9 Å². The third-order valence-corrected chi connectivity index (χ3v) is 24.4. The average molecular weight is 1430 g/mol. The molecule has 4 aromatic carbocycles. The van der Waals surface area contributed by atoms with Gasteiger partial charge in [0.05, 0.1) is 13.2 Å². The summed E-state index contributed by atoms with van der Waals surface area (Å²) in [6, 6.07) is 50.0. The van der Waals surface area contributed by atoms with Crippen molar-refractivity contribution in [3.63, 3.8) is 0 Å². The topological polar surface area (TPSA) is 71.1 Å². The second kappa shape index (κ2) is 44.6. The second-order valence-corrected chi connectivity index (χ2v) is 32.1. The van der Waals surface area contributed by atoms with Crippen LogP contribution in [0.4, 0.5) is 0 Å². The van der Waals surface area contributed by atoms with E-state index in [0.29, 0.717) is 12.8 Å². The van der Waals surface area contributed by atoms with Gasteiger partial charge >= 0.3 is 11.9 Å². The molecule has 0 saturated carbocycles. The van der Waals surface area contributed by atoms with E-state index >= 15 is 0 Å². The van der Waals surface area contributed by atoms with Crippen molar-refractivity contribution in [3.8, 4) is 73.5 Å². The number of fused-ring (bicyclic) bond motifs is 3. The predicted octanol–water partition coefficient (Wildman–Crippen LogP) is 28.7. The Morgan fingerprint density at radius 2 is 0.703 bits per heavy atom. The molecule has 4 aromatic heterocycles. The molecule has 0 spiro atoms. The summed E-state index contributed by atoms with van der Waals surface area (Å²) in [6.07, 6.45) is 43.2. The zero-order chi connectivity index (χ0) is 71.3. The summed E-state index contributed by atoms with van der Waals surface area (Å²) in [5, 5.41) is 0. The molecule has 0 bridgehead atoms. The van der Waals surface area contributed by atoms with Crippen LogP contribution in [0.15, 0.2) is 184 Å². The number of hydrogen-bond donors (Lipinski definition) is 0. The maximum atomic E-state index is 11.9. The van der Waals surface area contributed by atoms with Gasteiger partial charge in [0.25, 0.3) is 0 Å². The van der Waals surface area contributed by atoms with Gasteiger partial charge in [-0.1, -0.05) is 230 Å². The Hall–Kier alpha value is -6.82. The molecule has 0 unspecified atom stereocenters. The third-order valence-electron chi connectivity index (χ3n) is 19.6. The van der Waals surface area contributed by atoms with Crippen molar-refractivity contribution in [2.24, 2.45) is 0 Å². The number of carbonyl (C=O) groups is 2. The number of aryl methyl sites for hydroxylation is 2. The van der Waals surface area contributed by atoms with Crippen LogP contribution in [0.25, 0.3) is 62.0 Å². The summed E-state index contributed by atoms with van der Waals surface area (Å²) < 4.78 is 22.6. The highest BCUT2D eigenvalue weighted by Gasteiger charge is 2.42. The molecule has 0 fully saturated rings. The minimum Gasteiger partial charge on any atom is -0.494 e. The lowest BCUT2D eigenvalue weighted by molar-refractivity contribution is -0.146. The summed E-state index contributed by atoms with van der Waals surface area (Å²) in [6.45, 7) is 25.2. The number of hydrogen-bond acceptors (Lipinski definition) is 10. The highest BCUT2D eigenvalue weighted by molar-refractivity contribution is 7.25. The lowest BCUT2D eigenvalue weighted by Gasteiger charge is -2.33. The first kappa shape index (κ1) is 79.9. The van der Waals surface area contributed by atoms with Crippen LogP contribution in [-0.4, -0.2) is 37.4 Å². The summed E-state index contributed by atoms with van der Waals surface area (Å²) in [5.74, 6) is 1.55. The zero-order valence-electron chi connectivity index (χ0n) is 61.6. The smallest absolute Gasteiger partial charge is 0.306 e. The first-order chi connectivity index (χ1) is 49.5. The van der Waals surface area contributed by atoms with Crippen molar-refractivity contribution in [2.45, 2.75) is 251 Å². The molecule has 6 nitrogen and oxygen atoms in total. The Morgan fingerprint density at radius 3 is 1.11 bits per heavy atom. The van der Waals surface area contributed by atoms with Crippen LogP contribution in [0.2, 0.25) is 0 Å². The molecule has 8 aromatic rings. The van der Waals surface area contributed by atoms with Crippen LogP contribution in [0.5, 0.6) is 11.5 Å². The Labute approximate surface area is 624 Å². The van der Waals surface area contributed by atoms with Crippen molar-refractivity contribution >= 4 is 57.3 Å². The van der Waals surface area contributed by atoms with E-state index in [1.807, 2.05) is 45.3 Å². The quantitative estimate of drug-likeness (QED) is 0.0215. The van der Waals surface area contributed by atoms with Gasteiger partial charge in [-0.25, -0.2) is 0 Å². The van der Waals surface area contributed by atoms with E-state index in [2.05, 4.69) is 187 Å². The minimum absolute atomic E-state index is 0.0936. The van der Waals surface area contributed by atoms with E-state index in [1.54, 1.807) is 35.4 Å². The molecule has 101 heavy (non-hydrogen) atoms. The maximum Gasteiger partial charge on any atom is 0.306 e. The summed E-state index contributed by atoms with van der Waals surface area (Å²) in [5.41, 5.74) is 11.4. The lowest BCUT2D eigenvalue weighted by Crippen LogP contribution is -2.25. The molecule has 0 radical (unpaired) electrons. The van der Waals surface area contributed by atoms with Gasteiger partial charge < -0.3 is 18.9 Å². The molecule has 9 rings (SSSR count). The van der Waals surface area contributed by atoms with E-state index in [9.17, 15) is 9.59 Å². The normalized spacial score (nSPS) is 12.0. The number of unbranched alkanes of at least 4 members (excludes halogenated alkanes) is 24. The van der Waals surface area contributed by atoms with Gasteiger partial charge in [0.1, 0.15) is 23.7 Å². The molecule has 0 N–H and O–H groups in total. The molecule has 0 saturated heterocycles. The predicted molar refractivity (Wildman–Crippen MR) is 438 cm³/mol. The van der Waals surface area contributed by atoms with Crippen LogP contribution < -0.4 is 9.47 Å². The summed E-state index contributed by atoms with van der Waals surface area (Å²) in [7, 11) is 0. The fourth-order valence-corrected chi connectivity index (χ4v) is 17.8. The standard InChI is InChI=1S/C60H78O3S2.C31H38O3S2/c1-6-10-12-14-21-25-41-60(42-26-22-15-13-11-7-2)53-44-46(5)29-35-51(53)52-36-32-48(45-54(52)60)56-38-40-58(65-56)57-39-37-55(64-57)47-30-33-50(34-31-47)62-43-27-23-19-17-16-18-20-24-28-59(61)63-49(8-3)9-4;1-4-26(5-2)34-31(32)14-12-10-8-6-7-9-11-13-23-33-27-18-16-25(17-19-27)28-21-22-30(36-28)29-20-15-24(3)35-29/h8-9,29-40,44-45,49H,3-4,6-7,10-28,41-43H2,1-2,5H3;4-5,15-22,26H,1-2,6-14,23H2,3H3. The van der Waals surface area contributed by atoms with E-state index in [1.165, 1.54) is 220 Å². The summed E-state index contributed by atoms with van der Waals surface area (Å²) in [4.78, 5) is 34.2. The molecular weight excluding hydrogens is 1320 g/mol. The second-order valence-electron chi connectivity index (χ2n) is 27.6. The molecular formula is C91H116O6S4. The SMILES string of the molecule is C=CC(C=C)OC(=O)CCCCCCCCCCOc1ccc(-c2ccc(-c3ccc(-c4ccc5c(c4)C(CCCCCCCC)(CCCCCCCC)c4cc(C)ccc4-5)s3)s2)cc1.C=CC(C=C)OC(=O)CCCCCCCCCCOc1ccc(-c2ccc(-c3ccc(C)s3)s2)cc1. The monoisotopic (exact) mass is 1430 g/mol. The third kappa shape index (κ3) is 25.8. The van der Waals surface area contributed by atoms with Gasteiger partial charge in [-0.05, 0) is 219 Å². The van der Waals surface area contributed by atoms with Gasteiger partial charge in [0.2, 0.25) is 0 Å². The Morgan fingerprint density at radius 1 is 0.366 bits per heavy atom. The van der Waals surface area contributed by atoms with Crippen molar-refractivity contribution < 1.29 is 28.5 Å². The lowest BCUT2D eigenvalue weighted by atomic mass is 9.70. The van der Waals surface area contributed by atoms with Gasteiger partial charge in [-0.2, -0.15) is 0 Å². The van der Waals surface area contributed by atoms with E-state index < -0.39 is 0 Å². The number of ether oxygens (including phenoxy) is 4. The number of thiophene rings is 4. The van der Waals surface area contributed by atoms with Gasteiger partial charge in [0.15, 0.2) is 0 Å². The number of rotatable bonds is 49.